The van der Waals surface area contributed by atoms with Crippen LogP contribution in [0.15, 0.2) is 176 Å². The van der Waals surface area contributed by atoms with E-state index in [4.69, 9.17) is 9.72 Å². The Bertz CT molecular complexity index is 3600. The SMILES string of the molecule is CC(C)(C)c1cc(-[n+]2[c-]n(-c3[c-]c(Oc4[c-]c5c(c(C(C)(C)c6ccccc6)c4)c4ccccc4n5-c4cc(C(C)(C)C)ccn4)cc(-c4ccccc4)c3)cc2C(C)(C)c2ccccc2)cc(C(C)(C)C)c1.[Pt]. The number of imidazole rings is 1. The second-order valence-corrected chi connectivity index (χ2v) is 23.9. The van der Waals surface area contributed by atoms with Crippen LogP contribution in [0.5, 0.6) is 11.5 Å². The van der Waals surface area contributed by atoms with Gasteiger partial charge < -0.3 is 13.9 Å². The van der Waals surface area contributed by atoms with Crippen molar-refractivity contribution < 1.29 is 30.4 Å². The maximum atomic E-state index is 7.23. The molecule has 3 aromatic heterocycles. The van der Waals surface area contributed by atoms with E-state index in [2.05, 4.69) is 292 Å². The van der Waals surface area contributed by atoms with Crippen molar-refractivity contribution in [3.63, 3.8) is 0 Å². The number of hydrogen-bond acceptors (Lipinski definition) is 2. The van der Waals surface area contributed by atoms with Gasteiger partial charge in [-0.15, -0.1) is 35.4 Å². The van der Waals surface area contributed by atoms with Crippen molar-refractivity contribution in [2.45, 2.75) is 117 Å². The molecule has 3 heterocycles. The molecule has 0 aliphatic carbocycles. The van der Waals surface area contributed by atoms with E-state index in [1.165, 1.54) is 27.8 Å². The van der Waals surface area contributed by atoms with Crippen LogP contribution < -0.4 is 9.30 Å². The number of ether oxygens (including phenoxy) is 1. The Labute approximate surface area is 454 Å². The van der Waals surface area contributed by atoms with Gasteiger partial charge in [0.05, 0.1) is 11.4 Å². The molecule has 10 rings (SSSR count). The molecule has 0 unspecified atom stereocenters. The molecule has 0 spiro atoms. The van der Waals surface area contributed by atoms with E-state index in [0.717, 1.165) is 61.4 Å². The molecule has 378 valence electrons. The monoisotopic (exact) mass is 1150 g/mol. The minimum Gasteiger partial charge on any atom is -0.510 e. The van der Waals surface area contributed by atoms with Gasteiger partial charge in [-0.3, -0.25) is 4.57 Å². The van der Waals surface area contributed by atoms with E-state index in [1.54, 1.807) is 0 Å². The van der Waals surface area contributed by atoms with Crippen LogP contribution in [-0.4, -0.2) is 14.1 Å². The maximum absolute atomic E-state index is 7.23. The predicted molar refractivity (Wildman–Crippen MR) is 301 cm³/mol. The first-order chi connectivity index (χ1) is 34.6. The molecule has 0 saturated heterocycles. The molecular formula is C68H68N4OPt-2. The molecule has 0 radical (unpaired) electrons. The topological polar surface area (TPSA) is 35.9 Å². The number of rotatable bonds is 10. The zero-order valence-corrected chi connectivity index (χ0v) is 47.5. The number of nitrogens with zero attached hydrogens (tertiary/aromatic N) is 4. The van der Waals surface area contributed by atoms with Gasteiger partial charge in [0.1, 0.15) is 5.82 Å². The summed E-state index contributed by atoms with van der Waals surface area (Å²) in [6, 6.07) is 66.2. The first-order valence-electron chi connectivity index (χ1n) is 25.7. The van der Waals surface area contributed by atoms with E-state index in [9.17, 15) is 0 Å². The van der Waals surface area contributed by atoms with E-state index >= 15 is 0 Å². The van der Waals surface area contributed by atoms with Gasteiger partial charge in [0.2, 0.25) is 0 Å². The molecule has 7 aromatic carbocycles. The van der Waals surface area contributed by atoms with Crippen molar-refractivity contribution in [3.8, 4) is 39.8 Å². The Balaban J connectivity index is 0.00000672. The number of pyridine rings is 1. The van der Waals surface area contributed by atoms with Crippen LogP contribution in [0.1, 0.15) is 129 Å². The fourth-order valence-electron chi connectivity index (χ4n) is 10.2. The summed E-state index contributed by atoms with van der Waals surface area (Å²) in [6.45, 7) is 29.7. The van der Waals surface area contributed by atoms with Crippen LogP contribution in [0.2, 0.25) is 0 Å². The largest absolute Gasteiger partial charge is 0.510 e. The summed E-state index contributed by atoms with van der Waals surface area (Å²) in [5.41, 5.74) is 13.2. The summed E-state index contributed by atoms with van der Waals surface area (Å²) in [6.07, 6.45) is 8.03. The fraction of sp³-hybridized carbons (Fsp3) is 0.265. The van der Waals surface area contributed by atoms with E-state index < -0.39 is 10.8 Å². The van der Waals surface area contributed by atoms with Gasteiger partial charge in [0.15, 0.2) is 0 Å². The summed E-state index contributed by atoms with van der Waals surface area (Å²) in [5.74, 6) is 1.98. The van der Waals surface area contributed by atoms with E-state index in [0.29, 0.717) is 11.5 Å². The first-order valence-corrected chi connectivity index (χ1v) is 25.7. The average molecular weight is 1150 g/mol. The smallest absolute Gasteiger partial charge is 0.267 e. The Morgan fingerprint density at radius 3 is 1.66 bits per heavy atom. The zero-order valence-electron chi connectivity index (χ0n) is 45.3. The molecule has 0 aliphatic heterocycles. The van der Waals surface area contributed by atoms with Crippen molar-refractivity contribution in [1.29, 1.82) is 0 Å². The number of fused-ring (bicyclic) bond motifs is 3. The summed E-state index contributed by atoms with van der Waals surface area (Å²) >= 11 is 0. The van der Waals surface area contributed by atoms with Gasteiger partial charge in [-0.25, -0.2) is 4.98 Å². The van der Waals surface area contributed by atoms with Crippen molar-refractivity contribution in [2.24, 2.45) is 0 Å². The third kappa shape index (κ3) is 9.96. The predicted octanol–water partition coefficient (Wildman–Crippen LogP) is 16.6. The minimum atomic E-state index is -0.435. The minimum absolute atomic E-state index is 0. The van der Waals surface area contributed by atoms with Gasteiger partial charge in [-0.1, -0.05) is 216 Å². The summed E-state index contributed by atoms with van der Waals surface area (Å²) in [5, 5.41) is 2.25. The van der Waals surface area contributed by atoms with Crippen molar-refractivity contribution >= 4 is 21.8 Å². The maximum Gasteiger partial charge on any atom is 0.267 e. The standard InChI is InChI=1S/C68H68N4O.Pt/c1-64(2,3)50-33-34-69-62(40-50)72-59-32-24-23-31-57(59)63-58(67(10,11)48-27-19-15-20-28-48)42-56(43-60(63)72)73-55-36-47(46-25-17-14-18-26-46)35-53(41-55)70-44-61(68(12,13)49-29-21-16-22-30-49)71(45-70)54-38-51(65(4,5)6)37-52(39-54)66(7,8)9;/h14-40,42,44H,1-13H3;/q-2;. The molecule has 0 atom stereocenters. The van der Waals surface area contributed by atoms with Crippen molar-refractivity contribution in [3.05, 3.63) is 234 Å². The van der Waals surface area contributed by atoms with Gasteiger partial charge in [0.25, 0.3) is 6.33 Å². The van der Waals surface area contributed by atoms with Crippen molar-refractivity contribution in [1.82, 2.24) is 14.1 Å². The molecule has 10 aromatic rings. The first kappa shape index (κ1) is 52.1. The summed E-state index contributed by atoms with van der Waals surface area (Å²) < 4.78 is 13.9. The molecule has 0 aliphatic rings. The molecule has 0 amide bonds. The Morgan fingerprint density at radius 2 is 1.05 bits per heavy atom. The Kier molecular flexibility index (Phi) is 13.7. The van der Waals surface area contributed by atoms with Gasteiger partial charge in [-0.2, -0.15) is 6.07 Å². The number of aromatic nitrogens is 4. The second-order valence-electron chi connectivity index (χ2n) is 23.9. The summed E-state index contributed by atoms with van der Waals surface area (Å²) in [7, 11) is 0. The molecule has 74 heavy (non-hydrogen) atoms. The normalized spacial score (nSPS) is 12.6. The molecule has 5 nitrogen and oxygen atoms in total. The number of hydrogen-bond donors (Lipinski definition) is 0. The molecule has 0 fully saturated rings. The quantitative estimate of drug-likeness (QED) is 0.101. The van der Waals surface area contributed by atoms with Crippen LogP contribution in [0.3, 0.4) is 0 Å². The molecule has 0 bridgehead atoms. The van der Waals surface area contributed by atoms with Gasteiger partial charge >= 0.3 is 0 Å². The number of benzene rings is 7. The van der Waals surface area contributed by atoms with Crippen LogP contribution in [0, 0.1) is 18.5 Å². The molecule has 0 N–H and O–H groups in total. The third-order valence-corrected chi connectivity index (χ3v) is 14.8. The Morgan fingerprint density at radius 1 is 0.500 bits per heavy atom. The number of para-hydroxylation sites is 1. The van der Waals surface area contributed by atoms with Crippen molar-refractivity contribution in [2.75, 3.05) is 0 Å². The third-order valence-electron chi connectivity index (χ3n) is 14.8. The molecule has 0 saturated carbocycles. The Hall–Kier alpha value is -6.81. The molecular weight excluding hydrogens is 1080 g/mol. The van der Waals surface area contributed by atoms with Crippen LogP contribution in [0.25, 0.3) is 50.1 Å². The van der Waals surface area contributed by atoms with Crippen LogP contribution >= 0.6 is 0 Å². The average Bonchev–Trinajstić information content (AvgIpc) is 3.97. The second kappa shape index (κ2) is 19.5. The van der Waals surface area contributed by atoms with Crippen LogP contribution in [-0.2, 0) is 48.1 Å². The van der Waals surface area contributed by atoms with Crippen LogP contribution in [0.4, 0.5) is 0 Å². The van der Waals surface area contributed by atoms with Gasteiger partial charge in [-0.05, 0) is 96.4 Å². The summed E-state index contributed by atoms with van der Waals surface area (Å²) in [4.78, 5) is 5.04. The van der Waals surface area contributed by atoms with E-state index in [-0.39, 0.29) is 37.3 Å². The fourth-order valence-corrected chi connectivity index (χ4v) is 10.2. The molecule has 6 heteroatoms. The van der Waals surface area contributed by atoms with Gasteiger partial charge in [0, 0.05) is 55.9 Å². The zero-order chi connectivity index (χ0) is 51.7. The van der Waals surface area contributed by atoms with E-state index in [1.807, 2.05) is 6.20 Å².